The molecule has 0 saturated heterocycles. The fraction of sp³-hybridized carbons (Fsp3) is 0. The van der Waals surface area contributed by atoms with E-state index in [1.807, 2.05) is 0 Å². The monoisotopic (exact) mass is 235 g/mol. The van der Waals surface area contributed by atoms with Gasteiger partial charge in [-0.1, -0.05) is 23.7 Å². The normalized spacial score (nSPS) is 10.1. The fourth-order valence-corrected chi connectivity index (χ4v) is 1.41. The van der Waals surface area contributed by atoms with Gasteiger partial charge in [0.25, 0.3) is 5.69 Å². The molecule has 16 heavy (non-hydrogen) atoms. The van der Waals surface area contributed by atoms with Crippen molar-refractivity contribution in [2.45, 2.75) is 0 Å². The van der Waals surface area contributed by atoms with Crippen molar-refractivity contribution in [2.75, 3.05) is 0 Å². The molecule has 1 heterocycles. The van der Waals surface area contributed by atoms with Gasteiger partial charge in [-0.05, 0) is 0 Å². The summed E-state index contributed by atoms with van der Waals surface area (Å²) in [5.41, 5.74) is 1.14. The molecule has 2 rings (SSSR count). The third kappa shape index (κ3) is 2.14. The van der Waals surface area contributed by atoms with Gasteiger partial charge in [0, 0.05) is 17.7 Å². The van der Waals surface area contributed by atoms with E-state index in [1.165, 1.54) is 24.5 Å². The minimum atomic E-state index is -0.457. The summed E-state index contributed by atoms with van der Waals surface area (Å²) in [6, 6.07) is 6.16. The van der Waals surface area contributed by atoms with Crippen molar-refractivity contribution in [2.24, 2.45) is 0 Å². The van der Waals surface area contributed by atoms with E-state index in [-0.39, 0.29) is 10.8 Å². The van der Waals surface area contributed by atoms with Gasteiger partial charge in [0.15, 0.2) is 0 Å². The third-order valence-electron chi connectivity index (χ3n) is 1.96. The number of hydrogen-bond acceptors (Lipinski definition) is 4. The lowest BCUT2D eigenvalue weighted by Gasteiger charge is -2.00. The molecule has 0 aliphatic rings. The molecule has 0 atom stereocenters. The minimum absolute atomic E-state index is 0.0132. The second-order valence-electron chi connectivity index (χ2n) is 3.03. The Hall–Kier alpha value is -2.01. The summed E-state index contributed by atoms with van der Waals surface area (Å²) >= 11 is 5.69. The molecule has 0 unspecified atom stereocenters. The highest BCUT2D eigenvalue weighted by Crippen LogP contribution is 2.22. The quantitative estimate of drug-likeness (QED) is 0.593. The summed E-state index contributed by atoms with van der Waals surface area (Å²) < 4.78 is 0. The summed E-state index contributed by atoms with van der Waals surface area (Å²) in [5, 5.41) is 10.8. The van der Waals surface area contributed by atoms with Crippen molar-refractivity contribution in [3.8, 4) is 11.3 Å². The number of rotatable bonds is 2. The highest BCUT2D eigenvalue weighted by atomic mass is 35.5. The lowest BCUT2D eigenvalue weighted by atomic mass is 10.1. The molecular weight excluding hydrogens is 230 g/mol. The predicted octanol–water partition coefficient (Wildman–Crippen LogP) is 2.71. The topological polar surface area (TPSA) is 68.9 Å². The summed E-state index contributed by atoms with van der Waals surface area (Å²) in [5.74, 6) is 0. The standard InChI is InChI=1S/C10H6ClN3O2/c11-10-6-12-5-9(13-10)7-2-1-3-8(4-7)14(15)16/h1-6H. The number of non-ortho nitro benzene ring substituents is 1. The van der Waals surface area contributed by atoms with Gasteiger partial charge < -0.3 is 0 Å². The van der Waals surface area contributed by atoms with Crippen molar-refractivity contribution in [3.63, 3.8) is 0 Å². The van der Waals surface area contributed by atoms with E-state index in [0.717, 1.165) is 0 Å². The van der Waals surface area contributed by atoms with Crippen LogP contribution >= 0.6 is 11.6 Å². The number of hydrogen-bond donors (Lipinski definition) is 0. The average molecular weight is 236 g/mol. The molecule has 0 fully saturated rings. The molecular formula is C10H6ClN3O2. The third-order valence-corrected chi connectivity index (χ3v) is 2.14. The molecule has 0 amide bonds. The van der Waals surface area contributed by atoms with Gasteiger partial charge in [-0.15, -0.1) is 0 Å². The molecule has 0 radical (unpaired) electrons. The van der Waals surface area contributed by atoms with E-state index in [4.69, 9.17) is 11.6 Å². The zero-order valence-corrected chi connectivity index (χ0v) is 8.76. The molecule has 0 saturated carbocycles. The van der Waals surface area contributed by atoms with Crippen LogP contribution in [0.3, 0.4) is 0 Å². The molecule has 0 spiro atoms. The Balaban J connectivity index is 2.48. The maximum atomic E-state index is 10.6. The Kier molecular flexibility index (Phi) is 2.78. The van der Waals surface area contributed by atoms with Gasteiger partial charge in [0.2, 0.25) is 0 Å². The first-order valence-electron chi connectivity index (χ1n) is 4.39. The van der Waals surface area contributed by atoms with Gasteiger partial charge in [0.05, 0.1) is 23.0 Å². The van der Waals surface area contributed by atoms with Crippen LogP contribution in [-0.4, -0.2) is 14.9 Å². The van der Waals surface area contributed by atoms with Crippen LogP contribution in [0, 0.1) is 10.1 Å². The van der Waals surface area contributed by atoms with E-state index in [2.05, 4.69) is 9.97 Å². The molecule has 5 nitrogen and oxygen atoms in total. The van der Waals surface area contributed by atoms with Crippen molar-refractivity contribution in [3.05, 3.63) is 51.9 Å². The van der Waals surface area contributed by atoms with Gasteiger partial charge in [-0.2, -0.15) is 0 Å². The molecule has 0 N–H and O–H groups in total. The average Bonchev–Trinajstić information content (AvgIpc) is 2.29. The Labute approximate surface area is 95.9 Å². The van der Waals surface area contributed by atoms with E-state index < -0.39 is 4.92 Å². The summed E-state index contributed by atoms with van der Waals surface area (Å²) in [7, 11) is 0. The Bertz CT molecular complexity index is 545. The van der Waals surface area contributed by atoms with Crippen molar-refractivity contribution < 1.29 is 4.92 Å². The van der Waals surface area contributed by atoms with Crippen LogP contribution in [0.25, 0.3) is 11.3 Å². The lowest BCUT2D eigenvalue weighted by Crippen LogP contribution is -1.90. The Morgan fingerprint density at radius 3 is 2.81 bits per heavy atom. The fourth-order valence-electron chi connectivity index (χ4n) is 1.26. The number of nitrogens with zero attached hydrogens (tertiary/aromatic N) is 3. The summed E-state index contributed by atoms with van der Waals surface area (Å²) in [6.07, 6.45) is 2.91. The largest absolute Gasteiger partial charge is 0.270 e. The van der Waals surface area contributed by atoms with Crippen molar-refractivity contribution >= 4 is 17.3 Å². The molecule has 6 heteroatoms. The van der Waals surface area contributed by atoms with Crippen LogP contribution < -0.4 is 0 Å². The number of benzene rings is 1. The van der Waals surface area contributed by atoms with E-state index in [1.54, 1.807) is 12.1 Å². The molecule has 2 aromatic rings. The maximum Gasteiger partial charge on any atom is 0.270 e. The zero-order chi connectivity index (χ0) is 11.5. The van der Waals surface area contributed by atoms with Crippen LogP contribution in [0.15, 0.2) is 36.7 Å². The summed E-state index contributed by atoms with van der Waals surface area (Å²) in [6.45, 7) is 0. The predicted molar refractivity (Wildman–Crippen MR) is 59.1 cm³/mol. The smallest absolute Gasteiger partial charge is 0.259 e. The Morgan fingerprint density at radius 1 is 1.31 bits per heavy atom. The number of nitro benzene ring substituents is 1. The van der Waals surface area contributed by atoms with Gasteiger partial charge in [-0.3, -0.25) is 15.1 Å². The number of nitro groups is 1. The van der Waals surface area contributed by atoms with Crippen LogP contribution in [0.5, 0.6) is 0 Å². The van der Waals surface area contributed by atoms with Gasteiger partial charge >= 0.3 is 0 Å². The molecule has 0 bridgehead atoms. The first-order valence-corrected chi connectivity index (χ1v) is 4.77. The number of aromatic nitrogens is 2. The van der Waals surface area contributed by atoms with E-state index in [9.17, 15) is 10.1 Å². The highest BCUT2D eigenvalue weighted by Gasteiger charge is 2.08. The Morgan fingerprint density at radius 2 is 2.12 bits per heavy atom. The minimum Gasteiger partial charge on any atom is -0.259 e. The van der Waals surface area contributed by atoms with Crippen molar-refractivity contribution in [1.29, 1.82) is 0 Å². The highest BCUT2D eigenvalue weighted by molar-refractivity contribution is 6.29. The molecule has 0 aliphatic heterocycles. The van der Waals surface area contributed by atoms with Gasteiger partial charge in [0.1, 0.15) is 5.15 Å². The van der Waals surface area contributed by atoms with E-state index in [0.29, 0.717) is 11.3 Å². The zero-order valence-electron chi connectivity index (χ0n) is 8.00. The van der Waals surface area contributed by atoms with Crippen LogP contribution in [0.1, 0.15) is 0 Å². The van der Waals surface area contributed by atoms with Crippen LogP contribution in [0.4, 0.5) is 5.69 Å². The van der Waals surface area contributed by atoms with Crippen LogP contribution in [-0.2, 0) is 0 Å². The molecule has 80 valence electrons. The molecule has 1 aromatic carbocycles. The summed E-state index contributed by atoms with van der Waals surface area (Å²) in [4.78, 5) is 18.0. The first kappa shape index (κ1) is 10.5. The molecule has 0 aliphatic carbocycles. The van der Waals surface area contributed by atoms with Crippen molar-refractivity contribution in [1.82, 2.24) is 9.97 Å². The molecule has 1 aromatic heterocycles. The van der Waals surface area contributed by atoms with Gasteiger partial charge in [-0.25, -0.2) is 4.98 Å². The SMILES string of the molecule is O=[N+]([O-])c1cccc(-c2cncc(Cl)n2)c1. The lowest BCUT2D eigenvalue weighted by molar-refractivity contribution is -0.384. The maximum absolute atomic E-state index is 10.6. The number of halogens is 1. The van der Waals surface area contributed by atoms with E-state index >= 15 is 0 Å². The second kappa shape index (κ2) is 4.24. The second-order valence-corrected chi connectivity index (χ2v) is 3.42. The van der Waals surface area contributed by atoms with Crippen LogP contribution in [0.2, 0.25) is 5.15 Å². The first-order chi connectivity index (χ1) is 7.66.